The lowest BCUT2D eigenvalue weighted by atomic mass is 9.75. The van der Waals surface area contributed by atoms with Crippen LogP contribution in [0.3, 0.4) is 0 Å². The van der Waals surface area contributed by atoms with Crippen LogP contribution in [0, 0.1) is 0 Å². The van der Waals surface area contributed by atoms with Crippen molar-refractivity contribution in [3.63, 3.8) is 0 Å². The predicted molar refractivity (Wildman–Crippen MR) is 93.0 cm³/mol. The molecular formula is C22H20O2. The van der Waals surface area contributed by atoms with E-state index in [4.69, 9.17) is 0 Å². The number of aryl methyl sites for hydroxylation is 3. The van der Waals surface area contributed by atoms with E-state index in [1.54, 1.807) is 0 Å². The highest BCUT2D eigenvalue weighted by Crippen LogP contribution is 2.36. The van der Waals surface area contributed by atoms with Crippen molar-refractivity contribution >= 4 is 11.6 Å². The van der Waals surface area contributed by atoms with Crippen LogP contribution in [0.1, 0.15) is 79.8 Å². The second-order valence-electron chi connectivity index (χ2n) is 7.36. The summed E-state index contributed by atoms with van der Waals surface area (Å²) in [6, 6.07) is 7.99. The highest BCUT2D eigenvalue weighted by Gasteiger charge is 2.34. The standard InChI is InChI=1S/C22H20O2/c23-21-17-10-9-13-5-3-4-8-16(13)20(17)22(24)19-12-15-7-2-1-6-14(15)11-18(19)21/h9-12H,1-8H2. The highest BCUT2D eigenvalue weighted by atomic mass is 16.1. The van der Waals surface area contributed by atoms with Crippen molar-refractivity contribution < 1.29 is 9.59 Å². The number of hydrogen-bond donors (Lipinski definition) is 0. The quantitative estimate of drug-likeness (QED) is 0.622. The van der Waals surface area contributed by atoms with E-state index in [0.29, 0.717) is 22.3 Å². The lowest BCUT2D eigenvalue weighted by Crippen LogP contribution is -2.25. The molecule has 0 heterocycles. The Balaban J connectivity index is 1.74. The number of carbonyl (C=O) groups excluding carboxylic acids is 2. The molecule has 5 rings (SSSR count). The summed E-state index contributed by atoms with van der Waals surface area (Å²) >= 11 is 0. The molecule has 3 aliphatic carbocycles. The topological polar surface area (TPSA) is 34.1 Å². The molecule has 2 nitrogen and oxygen atoms in total. The van der Waals surface area contributed by atoms with Crippen LogP contribution in [0.4, 0.5) is 0 Å². The first-order chi connectivity index (χ1) is 11.7. The Morgan fingerprint density at radius 2 is 1.17 bits per heavy atom. The summed E-state index contributed by atoms with van der Waals surface area (Å²) in [5.74, 6) is 0.119. The van der Waals surface area contributed by atoms with Crippen molar-refractivity contribution in [2.75, 3.05) is 0 Å². The maximum Gasteiger partial charge on any atom is 0.194 e. The lowest BCUT2D eigenvalue weighted by Gasteiger charge is -2.26. The molecule has 0 unspecified atom stereocenters. The average molecular weight is 316 g/mol. The molecule has 0 spiro atoms. The maximum atomic E-state index is 13.3. The van der Waals surface area contributed by atoms with Crippen molar-refractivity contribution in [3.8, 4) is 0 Å². The van der Waals surface area contributed by atoms with E-state index in [0.717, 1.165) is 37.7 Å². The largest absolute Gasteiger partial charge is 0.289 e. The Labute approximate surface area is 141 Å². The molecule has 2 heteroatoms. The zero-order valence-electron chi connectivity index (χ0n) is 13.8. The van der Waals surface area contributed by atoms with E-state index in [-0.39, 0.29) is 11.6 Å². The molecule has 0 amide bonds. The fourth-order valence-electron chi connectivity index (χ4n) is 4.72. The minimum atomic E-state index is 0.0429. The van der Waals surface area contributed by atoms with Crippen molar-refractivity contribution in [1.29, 1.82) is 0 Å². The maximum absolute atomic E-state index is 13.3. The Morgan fingerprint density at radius 1 is 0.583 bits per heavy atom. The fourth-order valence-corrected chi connectivity index (χ4v) is 4.72. The molecule has 120 valence electrons. The van der Waals surface area contributed by atoms with Crippen molar-refractivity contribution in [1.82, 2.24) is 0 Å². The van der Waals surface area contributed by atoms with Crippen LogP contribution in [-0.4, -0.2) is 11.6 Å². The molecule has 0 aromatic heterocycles. The number of hydrogen-bond acceptors (Lipinski definition) is 2. The molecule has 2 aromatic carbocycles. The van der Waals surface area contributed by atoms with Crippen LogP contribution >= 0.6 is 0 Å². The minimum absolute atomic E-state index is 0.0429. The summed E-state index contributed by atoms with van der Waals surface area (Å²) in [6.07, 6.45) is 8.67. The van der Waals surface area contributed by atoms with Crippen molar-refractivity contribution in [2.45, 2.75) is 51.4 Å². The van der Waals surface area contributed by atoms with Crippen LogP contribution in [0.2, 0.25) is 0 Å². The molecule has 0 saturated carbocycles. The summed E-state index contributed by atoms with van der Waals surface area (Å²) in [5, 5.41) is 0. The Kier molecular flexibility index (Phi) is 3.03. The van der Waals surface area contributed by atoms with Gasteiger partial charge in [0.2, 0.25) is 0 Å². The van der Waals surface area contributed by atoms with Gasteiger partial charge in [-0.1, -0.05) is 6.07 Å². The molecule has 0 fully saturated rings. The molecule has 2 aromatic rings. The van der Waals surface area contributed by atoms with Gasteiger partial charge in [-0.15, -0.1) is 0 Å². The zero-order chi connectivity index (χ0) is 16.3. The minimum Gasteiger partial charge on any atom is -0.289 e. The molecule has 0 N–H and O–H groups in total. The predicted octanol–water partition coefficient (Wildman–Crippen LogP) is 4.22. The van der Waals surface area contributed by atoms with Gasteiger partial charge in [0.1, 0.15) is 0 Å². The van der Waals surface area contributed by atoms with Crippen LogP contribution in [-0.2, 0) is 25.7 Å². The van der Waals surface area contributed by atoms with Gasteiger partial charge in [0.25, 0.3) is 0 Å². The third kappa shape index (κ3) is 1.89. The molecule has 0 radical (unpaired) electrons. The average Bonchev–Trinajstić information content (AvgIpc) is 2.64. The van der Waals surface area contributed by atoms with Crippen molar-refractivity contribution in [3.05, 3.63) is 68.8 Å². The van der Waals surface area contributed by atoms with Gasteiger partial charge in [0.05, 0.1) is 0 Å². The summed E-state index contributed by atoms with van der Waals surface area (Å²) in [4.78, 5) is 26.3. The van der Waals surface area contributed by atoms with Crippen LogP contribution < -0.4 is 0 Å². The molecule has 0 atom stereocenters. The summed E-state index contributed by atoms with van der Waals surface area (Å²) in [7, 11) is 0. The van der Waals surface area contributed by atoms with E-state index in [9.17, 15) is 9.59 Å². The lowest BCUT2D eigenvalue weighted by molar-refractivity contribution is 0.0978. The summed E-state index contributed by atoms with van der Waals surface area (Å²) in [6.45, 7) is 0. The Bertz CT molecular complexity index is 899. The van der Waals surface area contributed by atoms with Crippen LogP contribution in [0.15, 0.2) is 24.3 Å². The molecule has 0 saturated heterocycles. The van der Waals surface area contributed by atoms with E-state index >= 15 is 0 Å². The SMILES string of the molecule is O=C1c2cc3c(cc2C(=O)c2c1ccc1c2CCCC1)CCCC3. The summed E-state index contributed by atoms with van der Waals surface area (Å²) < 4.78 is 0. The van der Waals surface area contributed by atoms with Crippen molar-refractivity contribution in [2.24, 2.45) is 0 Å². The van der Waals surface area contributed by atoms with Crippen LogP contribution in [0.25, 0.3) is 0 Å². The molecule has 3 aliphatic rings. The van der Waals surface area contributed by atoms with Gasteiger partial charge in [-0.05, 0) is 91.8 Å². The second-order valence-corrected chi connectivity index (χ2v) is 7.36. The van der Waals surface area contributed by atoms with Crippen LogP contribution in [0.5, 0.6) is 0 Å². The van der Waals surface area contributed by atoms with Gasteiger partial charge in [-0.3, -0.25) is 9.59 Å². The number of carbonyl (C=O) groups is 2. The van der Waals surface area contributed by atoms with E-state index in [2.05, 4.69) is 6.07 Å². The normalized spacial score (nSPS) is 18.5. The number of ketones is 2. The first-order valence-electron chi connectivity index (χ1n) is 9.14. The van der Waals surface area contributed by atoms with E-state index in [1.807, 2.05) is 18.2 Å². The van der Waals surface area contributed by atoms with Gasteiger partial charge in [0, 0.05) is 22.3 Å². The third-order valence-corrected chi connectivity index (χ3v) is 5.98. The third-order valence-electron chi connectivity index (χ3n) is 5.98. The number of rotatable bonds is 0. The Morgan fingerprint density at radius 3 is 1.88 bits per heavy atom. The molecule has 0 bridgehead atoms. The zero-order valence-corrected chi connectivity index (χ0v) is 13.8. The van der Waals surface area contributed by atoms with E-state index in [1.165, 1.54) is 36.0 Å². The molecular weight excluding hydrogens is 296 g/mol. The molecule has 0 aliphatic heterocycles. The van der Waals surface area contributed by atoms with Gasteiger partial charge in [-0.2, -0.15) is 0 Å². The number of fused-ring (bicyclic) bond motifs is 5. The number of benzene rings is 2. The van der Waals surface area contributed by atoms with Gasteiger partial charge in [-0.25, -0.2) is 0 Å². The first kappa shape index (κ1) is 14.2. The monoisotopic (exact) mass is 316 g/mol. The molecule has 24 heavy (non-hydrogen) atoms. The van der Waals surface area contributed by atoms with Gasteiger partial charge < -0.3 is 0 Å². The Hall–Kier alpha value is -2.22. The van der Waals surface area contributed by atoms with Gasteiger partial charge in [0.15, 0.2) is 11.6 Å². The summed E-state index contributed by atoms with van der Waals surface area (Å²) in [5.41, 5.74) is 7.56. The van der Waals surface area contributed by atoms with E-state index < -0.39 is 0 Å². The fraction of sp³-hybridized carbons (Fsp3) is 0.364. The first-order valence-corrected chi connectivity index (χ1v) is 9.14. The second kappa shape index (κ2) is 5.14. The highest BCUT2D eigenvalue weighted by molar-refractivity contribution is 6.29. The van der Waals surface area contributed by atoms with Gasteiger partial charge >= 0.3 is 0 Å². The smallest absolute Gasteiger partial charge is 0.194 e.